The van der Waals surface area contributed by atoms with Gasteiger partial charge in [0.05, 0.1) is 5.69 Å². The molecule has 0 bridgehead atoms. The highest BCUT2D eigenvalue weighted by Crippen LogP contribution is 2.21. The van der Waals surface area contributed by atoms with Gasteiger partial charge in [0.25, 0.3) is 0 Å². The van der Waals surface area contributed by atoms with Crippen LogP contribution in [0.25, 0.3) is 22.4 Å². The van der Waals surface area contributed by atoms with E-state index in [9.17, 15) is 14.0 Å². The van der Waals surface area contributed by atoms with Crippen LogP contribution in [-0.2, 0) is 11.3 Å². The van der Waals surface area contributed by atoms with Crippen molar-refractivity contribution in [1.82, 2.24) is 23.8 Å². The van der Waals surface area contributed by atoms with Crippen molar-refractivity contribution < 1.29 is 9.18 Å². The molecule has 0 atom stereocenters. The zero-order valence-electron chi connectivity index (χ0n) is 16.5. The second-order valence-electron chi connectivity index (χ2n) is 7.22. The first-order chi connectivity index (χ1) is 15.0. The number of carbonyl (C=O) groups is 1. The first kappa shape index (κ1) is 18.7. The van der Waals surface area contributed by atoms with Gasteiger partial charge < -0.3 is 5.32 Å². The molecule has 5 aromatic rings. The molecule has 2 aromatic carbocycles. The fourth-order valence-corrected chi connectivity index (χ4v) is 3.41. The number of hydrogen-bond acceptors (Lipinski definition) is 4. The van der Waals surface area contributed by atoms with Crippen molar-refractivity contribution in [3.63, 3.8) is 0 Å². The molecule has 0 fully saturated rings. The van der Waals surface area contributed by atoms with Gasteiger partial charge in [0, 0.05) is 23.6 Å². The predicted molar refractivity (Wildman–Crippen MR) is 113 cm³/mol. The Morgan fingerprint density at radius 3 is 2.65 bits per heavy atom. The minimum atomic E-state index is -0.485. The third-order valence-corrected chi connectivity index (χ3v) is 4.94. The molecule has 31 heavy (non-hydrogen) atoms. The molecule has 3 aromatic heterocycles. The van der Waals surface area contributed by atoms with Crippen molar-refractivity contribution in [2.45, 2.75) is 13.5 Å². The molecule has 3 heterocycles. The summed E-state index contributed by atoms with van der Waals surface area (Å²) in [7, 11) is 0. The normalized spacial score (nSPS) is 11.3. The maximum Gasteiger partial charge on any atom is 0.350 e. The Labute approximate surface area is 175 Å². The van der Waals surface area contributed by atoms with E-state index in [1.807, 2.05) is 37.3 Å². The predicted octanol–water partition coefficient (Wildman–Crippen LogP) is 2.90. The topological polar surface area (TPSA) is 85.7 Å². The maximum absolute atomic E-state index is 13.3. The molecule has 1 amide bonds. The summed E-state index contributed by atoms with van der Waals surface area (Å²) in [5, 5.41) is 11.5. The number of aryl methyl sites for hydroxylation is 1. The first-order valence-electron chi connectivity index (χ1n) is 9.58. The third-order valence-electron chi connectivity index (χ3n) is 4.94. The molecule has 9 heteroatoms. The van der Waals surface area contributed by atoms with Gasteiger partial charge in [-0.3, -0.25) is 4.79 Å². The van der Waals surface area contributed by atoms with Crippen LogP contribution in [0, 0.1) is 12.7 Å². The molecule has 154 valence electrons. The van der Waals surface area contributed by atoms with Crippen molar-refractivity contribution in [1.29, 1.82) is 0 Å². The minimum Gasteiger partial charge on any atom is -0.324 e. The van der Waals surface area contributed by atoms with E-state index >= 15 is 0 Å². The van der Waals surface area contributed by atoms with Crippen LogP contribution in [0.3, 0.4) is 0 Å². The van der Waals surface area contributed by atoms with Crippen molar-refractivity contribution in [2.24, 2.45) is 0 Å². The van der Waals surface area contributed by atoms with Crippen LogP contribution < -0.4 is 11.0 Å². The van der Waals surface area contributed by atoms with Crippen LogP contribution in [-0.4, -0.2) is 29.7 Å². The Morgan fingerprint density at radius 2 is 1.87 bits per heavy atom. The quantitative estimate of drug-likeness (QED) is 0.488. The van der Waals surface area contributed by atoms with Crippen LogP contribution in [0.2, 0.25) is 0 Å². The number of rotatable bonds is 4. The maximum atomic E-state index is 13.3. The largest absolute Gasteiger partial charge is 0.350 e. The molecular formula is C22H17FN6O2. The summed E-state index contributed by atoms with van der Waals surface area (Å²) in [4.78, 5) is 25.1. The lowest BCUT2D eigenvalue weighted by Crippen LogP contribution is -2.28. The fraction of sp³-hybridized carbons (Fsp3) is 0.0909. The average molecular weight is 416 g/mol. The van der Waals surface area contributed by atoms with Gasteiger partial charge in [0.2, 0.25) is 5.91 Å². The van der Waals surface area contributed by atoms with Gasteiger partial charge in [-0.15, -0.1) is 5.10 Å². The molecule has 0 aliphatic rings. The Hall–Kier alpha value is -4.27. The summed E-state index contributed by atoms with van der Waals surface area (Å²) in [6.07, 6.45) is 3.23. The number of nitrogens with one attached hydrogen (secondary N) is 1. The van der Waals surface area contributed by atoms with Crippen molar-refractivity contribution in [3.8, 4) is 11.3 Å². The summed E-state index contributed by atoms with van der Waals surface area (Å²) >= 11 is 0. The molecule has 1 N–H and O–H groups in total. The zero-order valence-corrected chi connectivity index (χ0v) is 16.5. The number of amides is 1. The molecule has 5 rings (SSSR count). The molecule has 0 aliphatic heterocycles. The van der Waals surface area contributed by atoms with Gasteiger partial charge in [-0.25, -0.2) is 22.8 Å². The smallest absolute Gasteiger partial charge is 0.324 e. The second-order valence-corrected chi connectivity index (χ2v) is 7.22. The first-order valence-corrected chi connectivity index (χ1v) is 9.58. The lowest BCUT2D eigenvalue weighted by Gasteiger charge is -2.04. The van der Waals surface area contributed by atoms with E-state index in [1.54, 1.807) is 23.0 Å². The summed E-state index contributed by atoms with van der Waals surface area (Å²) in [6.45, 7) is 1.71. The van der Waals surface area contributed by atoms with Gasteiger partial charge in [-0.1, -0.05) is 35.9 Å². The molecule has 0 aliphatic carbocycles. The van der Waals surface area contributed by atoms with Gasteiger partial charge in [0.15, 0.2) is 5.65 Å². The highest BCUT2D eigenvalue weighted by molar-refractivity contribution is 5.90. The van der Waals surface area contributed by atoms with Gasteiger partial charge >= 0.3 is 5.69 Å². The van der Waals surface area contributed by atoms with Gasteiger partial charge in [-0.2, -0.15) is 5.10 Å². The number of benzene rings is 2. The molecule has 0 radical (unpaired) electrons. The number of halogens is 1. The summed E-state index contributed by atoms with van der Waals surface area (Å²) < 4.78 is 17.4. The van der Waals surface area contributed by atoms with Crippen LogP contribution in [0.5, 0.6) is 0 Å². The average Bonchev–Trinajstić information content (AvgIpc) is 3.30. The van der Waals surface area contributed by atoms with E-state index in [0.717, 1.165) is 21.5 Å². The standard InChI is InChI=1S/C22H17FN6O2/c1-14-5-7-15(8-6-14)18-12-19-21-26-29(22(31)27(21)9-10-28(19)25-18)13-20(30)24-17-4-2-3-16(23)11-17/h2-12H,13H2,1H3,(H,24,30). The fourth-order valence-electron chi connectivity index (χ4n) is 3.41. The highest BCUT2D eigenvalue weighted by atomic mass is 19.1. The number of fused-ring (bicyclic) bond motifs is 3. The van der Waals surface area contributed by atoms with E-state index in [4.69, 9.17) is 0 Å². The van der Waals surface area contributed by atoms with Crippen LogP contribution in [0.1, 0.15) is 5.56 Å². The molecule has 0 spiro atoms. The minimum absolute atomic E-state index is 0.303. The third kappa shape index (κ3) is 3.46. The number of anilines is 1. The molecule has 0 saturated carbocycles. The Balaban J connectivity index is 1.49. The van der Waals surface area contributed by atoms with E-state index < -0.39 is 17.4 Å². The highest BCUT2D eigenvalue weighted by Gasteiger charge is 2.15. The van der Waals surface area contributed by atoms with E-state index in [-0.39, 0.29) is 6.54 Å². The van der Waals surface area contributed by atoms with Gasteiger partial charge in [-0.05, 0) is 31.2 Å². The number of nitrogens with zero attached hydrogens (tertiary/aromatic N) is 5. The van der Waals surface area contributed by atoms with E-state index in [2.05, 4.69) is 15.5 Å². The van der Waals surface area contributed by atoms with E-state index in [1.165, 1.54) is 22.6 Å². The lowest BCUT2D eigenvalue weighted by molar-refractivity contribution is -0.117. The number of carbonyl (C=O) groups excluding carboxylic acids is 1. The summed E-state index contributed by atoms with van der Waals surface area (Å²) in [5.41, 5.74) is 3.73. The molecular weight excluding hydrogens is 399 g/mol. The molecule has 8 nitrogen and oxygen atoms in total. The van der Waals surface area contributed by atoms with Crippen LogP contribution in [0.15, 0.2) is 71.8 Å². The Bertz CT molecular complexity index is 1500. The Morgan fingerprint density at radius 1 is 1.06 bits per heavy atom. The summed E-state index contributed by atoms with van der Waals surface area (Å²) in [6, 6.07) is 15.4. The van der Waals surface area contributed by atoms with Crippen molar-refractivity contribution in [2.75, 3.05) is 5.32 Å². The van der Waals surface area contributed by atoms with Gasteiger partial charge in [0.1, 0.15) is 17.9 Å². The monoisotopic (exact) mass is 416 g/mol. The SMILES string of the molecule is Cc1ccc(-c2cc3c4nn(CC(=O)Nc5cccc(F)c5)c(=O)n4ccn3n2)cc1. The molecule has 0 unspecified atom stereocenters. The zero-order chi connectivity index (χ0) is 21.5. The van der Waals surface area contributed by atoms with E-state index in [0.29, 0.717) is 16.9 Å². The Kier molecular flexibility index (Phi) is 4.36. The van der Waals surface area contributed by atoms with Crippen LogP contribution >= 0.6 is 0 Å². The summed E-state index contributed by atoms with van der Waals surface area (Å²) in [5.74, 6) is -0.948. The van der Waals surface area contributed by atoms with Crippen molar-refractivity contribution in [3.05, 3.63) is 88.9 Å². The second kappa shape index (κ2) is 7.21. The number of hydrogen-bond donors (Lipinski definition) is 1. The van der Waals surface area contributed by atoms with Crippen molar-refractivity contribution >= 4 is 22.8 Å². The number of aromatic nitrogens is 5. The molecule has 0 saturated heterocycles. The lowest BCUT2D eigenvalue weighted by atomic mass is 10.1. The van der Waals surface area contributed by atoms with Crippen LogP contribution in [0.4, 0.5) is 10.1 Å².